The first kappa shape index (κ1) is 22.9. The molecule has 6 heteroatoms. The standard InChI is InChI=1S/C27H32N2O4/c1-25(2,3)32-23(30)28-27(16-29(17-27)24(31)33-26(4,5)6)22-20-13-9-7-11-18(20)15-19-12-8-10-14-21(19)22/h7-15H,16-17H2,1-6H3,(H,28,30). The average Bonchev–Trinajstić information content (AvgIpc) is 2.66. The topological polar surface area (TPSA) is 67.9 Å². The molecule has 0 atom stereocenters. The Hall–Kier alpha value is -3.28. The Morgan fingerprint density at radius 2 is 1.30 bits per heavy atom. The summed E-state index contributed by atoms with van der Waals surface area (Å²) < 4.78 is 11.2. The zero-order valence-electron chi connectivity index (χ0n) is 20.2. The van der Waals surface area contributed by atoms with Gasteiger partial charge in [-0.3, -0.25) is 0 Å². The lowest BCUT2D eigenvalue weighted by atomic mass is 9.77. The summed E-state index contributed by atoms with van der Waals surface area (Å²) >= 11 is 0. The summed E-state index contributed by atoms with van der Waals surface area (Å²) in [6.07, 6.45) is -0.906. The number of ether oxygens (including phenoxy) is 2. The zero-order valence-corrected chi connectivity index (χ0v) is 20.2. The minimum absolute atomic E-state index is 0.291. The van der Waals surface area contributed by atoms with Crippen molar-refractivity contribution < 1.29 is 19.1 Å². The Morgan fingerprint density at radius 3 is 1.79 bits per heavy atom. The van der Waals surface area contributed by atoms with Crippen molar-refractivity contribution in [3.05, 3.63) is 60.2 Å². The number of amides is 2. The van der Waals surface area contributed by atoms with E-state index in [0.29, 0.717) is 13.1 Å². The van der Waals surface area contributed by atoms with Crippen molar-refractivity contribution in [2.45, 2.75) is 58.3 Å². The summed E-state index contributed by atoms with van der Waals surface area (Å²) in [5, 5.41) is 7.35. The molecule has 0 spiro atoms. The highest BCUT2D eigenvalue weighted by Gasteiger charge is 2.51. The van der Waals surface area contributed by atoms with Crippen LogP contribution >= 0.6 is 0 Å². The normalized spacial score (nSPS) is 15.8. The average molecular weight is 449 g/mol. The molecule has 1 aliphatic heterocycles. The second-order valence-corrected chi connectivity index (χ2v) is 10.7. The van der Waals surface area contributed by atoms with Crippen LogP contribution in [0.4, 0.5) is 9.59 Å². The number of rotatable bonds is 2. The third-order valence-electron chi connectivity index (χ3n) is 5.56. The van der Waals surface area contributed by atoms with Crippen molar-refractivity contribution in [3.8, 4) is 0 Å². The maximum atomic E-state index is 12.9. The quantitative estimate of drug-likeness (QED) is 0.491. The molecule has 1 aliphatic rings. The third-order valence-corrected chi connectivity index (χ3v) is 5.56. The molecule has 3 aromatic rings. The molecule has 0 aromatic heterocycles. The summed E-state index contributed by atoms with van der Waals surface area (Å²) in [7, 11) is 0. The van der Waals surface area contributed by atoms with E-state index < -0.39 is 28.9 Å². The van der Waals surface area contributed by atoms with Gasteiger partial charge in [-0.15, -0.1) is 0 Å². The van der Waals surface area contributed by atoms with Gasteiger partial charge in [-0.05, 0) is 74.7 Å². The first-order chi connectivity index (χ1) is 15.4. The van der Waals surface area contributed by atoms with Crippen molar-refractivity contribution in [1.82, 2.24) is 10.2 Å². The Labute approximate surface area is 194 Å². The van der Waals surface area contributed by atoms with Crippen molar-refractivity contribution in [1.29, 1.82) is 0 Å². The number of benzene rings is 3. The van der Waals surface area contributed by atoms with Crippen molar-refractivity contribution in [2.24, 2.45) is 0 Å². The van der Waals surface area contributed by atoms with Gasteiger partial charge in [-0.25, -0.2) is 9.59 Å². The van der Waals surface area contributed by atoms with E-state index in [-0.39, 0.29) is 0 Å². The van der Waals surface area contributed by atoms with Crippen LogP contribution in [0, 0.1) is 0 Å². The smallest absolute Gasteiger partial charge is 0.410 e. The van der Waals surface area contributed by atoms with E-state index in [2.05, 4.69) is 35.6 Å². The van der Waals surface area contributed by atoms with Gasteiger partial charge in [-0.2, -0.15) is 0 Å². The van der Waals surface area contributed by atoms with E-state index in [4.69, 9.17) is 9.47 Å². The molecular formula is C27H32N2O4. The van der Waals surface area contributed by atoms with Crippen LogP contribution in [0.5, 0.6) is 0 Å². The predicted octanol–water partition coefficient (Wildman–Crippen LogP) is 5.96. The number of likely N-dealkylation sites (tertiary alicyclic amines) is 1. The minimum Gasteiger partial charge on any atom is -0.444 e. The zero-order chi connectivity index (χ0) is 24.0. The van der Waals surface area contributed by atoms with Gasteiger partial charge in [0.15, 0.2) is 0 Å². The van der Waals surface area contributed by atoms with Crippen LogP contribution in [0.25, 0.3) is 21.5 Å². The number of hydrogen-bond acceptors (Lipinski definition) is 4. The minimum atomic E-state index is -0.806. The van der Waals surface area contributed by atoms with E-state index in [0.717, 1.165) is 27.1 Å². The van der Waals surface area contributed by atoms with Gasteiger partial charge >= 0.3 is 12.2 Å². The number of fused-ring (bicyclic) bond motifs is 2. The lowest BCUT2D eigenvalue weighted by Crippen LogP contribution is -2.69. The summed E-state index contributed by atoms with van der Waals surface area (Å²) in [4.78, 5) is 27.3. The molecule has 1 saturated heterocycles. The Bertz CT molecular complexity index is 1160. The number of carbonyl (C=O) groups excluding carboxylic acids is 2. The predicted molar refractivity (Wildman–Crippen MR) is 130 cm³/mol. The molecule has 6 nitrogen and oxygen atoms in total. The van der Waals surface area contributed by atoms with E-state index in [1.54, 1.807) is 4.90 Å². The van der Waals surface area contributed by atoms with Crippen LogP contribution in [0.15, 0.2) is 54.6 Å². The number of alkyl carbamates (subject to hydrolysis) is 1. The first-order valence-corrected chi connectivity index (χ1v) is 11.3. The molecule has 1 heterocycles. The number of hydrogen-bond donors (Lipinski definition) is 1. The maximum Gasteiger partial charge on any atom is 0.410 e. The molecule has 33 heavy (non-hydrogen) atoms. The lowest BCUT2D eigenvalue weighted by Gasteiger charge is -2.51. The number of nitrogens with one attached hydrogen (secondary N) is 1. The summed E-state index contributed by atoms with van der Waals surface area (Å²) in [6, 6.07) is 18.4. The number of nitrogens with zero attached hydrogens (tertiary/aromatic N) is 1. The summed E-state index contributed by atoms with van der Waals surface area (Å²) in [5.74, 6) is 0. The van der Waals surface area contributed by atoms with Gasteiger partial charge in [0, 0.05) is 0 Å². The Kier molecular flexibility index (Phi) is 5.51. The van der Waals surface area contributed by atoms with Crippen LogP contribution in [-0.4, -0.2) is 41.4 Å². The van der Waals surface area contributed by atoms with Gasteiger partial charge in [0.25, 0.3) is 0 Å². The second-order valence-electron chi connectivity index (χ2n) is 10.7. The van der Waals surface area contributed by atoms with Crippen molar-refractivity contribution in [2.75, 3.05) is 13.1 Å². The summed E-state index contributed by atoms with van der Waals surface area (Å²) in [6.45, 7) is 11.6. The van der Waals surface area contributed by atoms with E-state index in [1.165, 1.54) is 0 Å². The fourth-order valence-corrected chi connectivity index (χ4v) is 4.39. The molecule has 0 radical (unpaired) electrons. The molecule has 1 fully saturated rings. The van der Waals surface area contributed by atoms with Crippen LogP contribution < -0.4 is 5.32 Å². The molecule has 1 N–H and O–H groups in total. The first-order valence-electron chi connectivity index (χ1n) is 11.3. The molecule has 3 aromatic carbocycles. The Balaban J connectivity index is 1.82. The molecule has 2 amide bonds. The van der Waals surface area contributed by atoms with E-state index in [9.17, 15) is 9.59 Å². The molecule has 0 bridgehead atoms. The van der Waals surface area contributed by atoms with E-state index >= 15 is 0 Å². The fourth-order valence-electron chi connectivity index (χ4n) is 4.39. The molecule has 0 saturated carbocycles. The van der Waals surface area contributed by atoms with Crippen molar-refractivity contribution in [3.63, 3.8) is 0 Å². The third kappa shape index (κ3) is 4.75. The second kappa shape index (κ2) is 7.94. The maximum absolute atomic E-state index is 12.9. The van der Waals surface area contributed by atoms with Crippen molar-refractivity contribution >= 4 is 33.7 Å². The Morgan fingerprint density at radius 1 is 0.818 bits per heavy atom. The van der Waals surface area contributed by atoms with Gasteiger partial charge < -0.3 is 19.7 Å². The SMILES string of the molecule is CC(C)(C)OC(=O)NC1(c2c3ccccc3cc3ccccc23)CN(C(=O)OC(C)(C)C)C1. The van der Waals surface area contributed by atoms with Crippen LogP contribution in [0.1, 0.15) is 47.1 Å². The monoisotopic (exact) mass is 448 g/mol. The molecular weight excluding hydrogens is 416 g/mol. The highest BCUT2D eigenvalue weighted by Crippen LogP contribution is 2.42. The van der Waals surface area contributed by atoms with Crippen LogP contribution in [0.3, 0.4) is 0 Å². The molecule has 174 valence electrons. The highest BCUT2D eigenvalue weighted by atomic mass is 16.6. The lowest BCUT2D eigenvalue weighted by molar-refractivity contribution is -0.0223. The van der Waals surface area contributed by atoms with Gasteiger partial charge in [0.2, 0.25) is 0 Å². The van der Waals surface area contributed by atoms with Crippen LogP contribution in [0.2, 0.25) is 0 Å². The van der Waals surface area contributed by atoms with Gasteiger partial charge in [0.1, 0.15) is 16.7 Å². The van der Waals surface area contributed by atoms with E-state index in [1.807, 2.05) is 65.8 Å². The molecule has 4 rings (SSSR count). The molecule has 0 unspecified atom stereocenters. The van der Waals surface area contributed by atoms with Gasteiger partial charge in [0.05, 0.1) is 13.1 Å². The van der Waals surface area contributed by atoms with Crippen LogP contribution in [-0.2, 0) is 15.0 Å². The van der Waals surface area contributed by atoms with Gasteiger partial charge in [-0.1, -0.05) is 48.5 Å². The number of carbonyl (C=O) groups is 2. The summed E-state index contributed by atoms with van der Waals surface area (Å²) in [5.41, 5.74) is -1.05. The largest absolute Gasteiger partial charge is 0.444 e. The molecule has 0 aliphatic carbocycles. The fraction of sp³-hybridized carbons (Fsp3) is 0.407. The highest BCUT2D eigenvalue weighted by molar-refractivity contribution is 6.03.